The van der Waals surface area contributed by atoms with Crippen LogP contribution in [0.1, 0.15) is 43.3 Å². The van der Waals surface area contributed by atoms with Crippen LogP contribution in [0.25, 0.3) is 0 Å². The van der Waals surface area contributed by atoms with Crippen molar-refractivity contribution in [2.24, 2.45) is 5.92 Å². The van der Waals surface area contributed by atoms with Crippen LogP contribution >= 0.6 is 0 Å². The highest BCUT2D eigenvalue weighted by atomic mass is 32.2. The van der Waals surface area contributed by atoms with E-state index in [2.05, 4.69) is 10.1 Å². The second-order valence-electron chi connectivity index (χ2n) is 6.30. The zero-order valence-electron chi connectivity index (χ0n) is 12.9. The molecule has 0 atom stereocenters. The third kappa shape index (κ3) is 3.85. The predicted octanol–water partition coefficient (Wildman–Crippen LogP) is 1.18. The molecular weight excluding hydrogens is 306 g/mol. The van der Waals surface area contributed by atoms with E-state index in [-0.39, 0.29) is 5.92 Å². The van der Waals surface area contributed by atoms with Crippen LogP contribution in [0.3, 0.4) is 0 Å². The highest BCUT2D eigenvalue weighted by Crippen LogP contribution is 2.27. The molecule has 1 saturated heterocycles. The molecule has 7 nitrogen and oxygen atoms in total. The van der Waals surface area contributed by atoms with Gasteiger partial charge >= 0.3 is 0 Å². The first-order valence-corrected chi connectivity index (χ1v) is 9.72. The smallest absolute Gasteiger partial charge is 0.232 e. The Kier molecular flexibility index (Phi) is 4.79. The van der Waals surface area contributed by atoms with Crippen molar-refractivity contribution in [2.75, 3.05) is 32.6 Å². The molecule has 22 heavy (non-hydrogen) atoms. The summed E-state index contributed by atoms with van der Waals surface area (Å²) in [6.07, 6.45) is 7.07. The van der Waals surface area contributed by atoms with Crippen molar-refractivity contribution < 1.29 is 17.7 Å². The lowest BCUT2D eigenvalue weighted by Gasteiger charge is -2.34. The molecule has 8 heteroatoms. The molecule has 0 amide bonds. The maximum atomic E-state index is 11.3. The number of aromatic nitrogens is 2. The van der Waals surface area contributed by atoms with Gasteiger partial charge < -0.3 is 9.26 Å². The molecular formula is C14H23N3O4S. The number of rotatable bonds is 7. The number of hydrogen-bond donors (Lipinski definition) is 0. The zero-order valence-corrected chi connectivity index (χ0v) is 13.7. The molecule has 3 rings (SSSR count). The predicted molar refractivity (Wildman–Crippen MR) is 79.9 cm³/mol. The molecule has 1 aliphatic carbocycles. The van der Waals surface area contributed by atoms with Gasteiger partial charge in [0.1, 0.15) is 0 Å². The van der Waals surface area contributed by atoms with Crippen LogP contribution in [-0.2, 0) is 21.2 Å². The lowest BCUT2D eigenvalue weighted by Crippen LogP contribution is -2.47. The fourth-order valence-corrected chi connectivity index (χ4v) is 3.89. The Morgan fingerprint density at radius 3 is 2.73 bits per heavy atom. The summed E-state index contributed by atoms with van der Waals surface area (Å²) >= 11 is 0. The molecule has 1 aromatic rings. The summed E-state index contributed by atoms with van der Waals surface area (Å²) < 4.78 is 35.0. The fraction of sp³-hybridized carbons (Fsp3) is 0.857. The topological polar surface area (TPSA) is 85.5 Å². The Bertz CT molecular complexity index is 589. The number of hydrogen-bond acceptors (Lipinski definition) is 6. The molecule has 0 bridgehead atoms. The van der Waals surface area contributed by atoms with Gasteiger partial charge in [0.15, 0.2) is 5.82 Å². The Labute approximate surface area is 131 Å². The SMILES string of the molecule is CS(=O)(=O)N1CC(c2nc(CCOCC3CCCC3)no2)C1. The molecule has 1 aliphatic heterocycles. The third-order valence-electron chi connectivity index (χ3n) is 4.45. The Balaban J connectivity index is 1.38. The molecule has 1 aromatic heterocycles. The van der Waals surface area contributed by atoms with E-state index in [0.29, 0.717) is 37.8 Å². The number of ether oxygens (including phenoxy) is 1. The lowest BCUT2D eigenvalue weighted by atomic mass is 10.0. The van der Waals surface area contributed by atoms with Gasteiger partial charge in [-0.1, -0.05) is 18.0 Å². The van der Waals surface area contributed by atoms with E-state index in [4.69, 9.17) is 9.26 Å². The molecule has 2 heterocycles. The summed E-state index contributed by atoms with van der Waals surface area (Å²) in [7, 11) is -3.10. The van der Waals surface area contributed by atoms with Crippen LogP contribution in [0, 0.1) is 5.92 Å². The van der Waals surface area contributed by atoms with E-state index in [1.54, 1.807) is 0 Å². The number of nitrogens with zero attached hydrogens (tertiary/aromatic N) is 3. The summed E-state index contributed by atoms with van der Waals surface area (Å²) in [4.78, 5) is 4.34. The van der Waals surface area contributed by atoms with Crippen molar-refractivity contribution in [1.82, 2.24) is 14.4 Å². The second kappa shape index (κ2) is 6.64. The van der Waals surface area contributed by atoms with Crippen molar-refractivity contribution in [3.05, 3.63) is 11.7 Å². The largest absolute Gasteiger partial charge is 0.381 e. The molecule has 2 fully saturated rings. The molecule has 2 aliphatic rings. The minimum Gasteiger partial charge on any atom is -0.381 e. The third-order valence-corrected chi connectivity index (χ3v) is 5.68. The van der Waals surface area contributed by atoms with Gasteiger partial charge in [-0.25, -0.2) is 12.7 Å². The van der Waals surface area contributed by atoms with Crippen molar-refractivity contribution in [3.8, 4) is 0 Å². The van der Waals surface area contributed by atoms with Gasteiger partial charge in [0.2, 0.25) is 15.9 Å². The highest BCUT2D eigenvalue weighted by Gasteiger charge is 2.37. The Hall–Kier alpha value is -0.990. The van der Waals surface area contributed by atoms with E-state index in [1.165, 1.54) is 36.2 Å². The van der Waals surface area contributed by atoms with E-state index < -0.39 is 10.0 Å². The molecule has 0 spiro atoms. The summed E-state index contributed by atoms with van der Waals surface area (Å²) in [5.41, 5.74) is 0. The number of sulfonamides is 1. The summed E-state index contributed by atoms with van der Waals surface area (Å²) in [6, 6.07) is 0. The van der Waals surface area contributed by atoms with Gasteiger partial charge in [-0.05, 0) is 18.8 Å². The van der Waals surface area contributed by atoms with Gasteiger partial charge in [0, 0.05) is 26.1 Å². The maximum Gasteiger partial charge on any atom is 0.232 e. The van der Waals surface area contributed by atoms with Gasteiger partial charge in [0.05, 0.1) is 18.8 Å². The van der Waals surface area contributed by atoms with Crippen molar-refractivity contribution in [1.29, 1.82) is 0 Å². The monoisotopic (exact) mass is 329 g/mol. The first-order valence-electron chi connectivity index (χ1n) is 7.87. The van der Waals surface area contributed by atoms with Crippen LogP contribution in [-0.4, -0.2) is 55.4 Å². The first kappa shape index (κ1) is 15.9. The molecule has 0 unspecified atom stereocenters. The van der Waals surface area contributed by atoms with Crippen LogP contribution in [0.4, 0.5) is 0 Å². The Morgan fingerprint density at radius 2 is 2.05 bits per heavy atom. The van der Waals surface area contributed by atoms with Crippen molar-refractivity contribution in [3.63, 3.8) is 0 Å². The average molecular weight is 329 g/mol. The second-order valence-corrected chi connectivity index (χ2v) is 8.28. The zero-order chi connectivity index (χ0) is 15.6. The summed E-state index contributed by atoms with van der Waals surface area (Å²) in [6.45, 7) is 2.30. The minimum absolute atomic E-state index is 0.0235. The molecule has 0 radical (unpaired) electrons. The van der Waals surface area contributed by atoms with Crippen LogP contribution in [0.15, 0.2) is 4.52 Å². The van der Waals surface area contributed by atoms with E-state index in [1.807, 2.05) is 0 Å². The molecule has 124 valence electrons. The van der Waals surface area contributed by atoms with E-state index in [0.717, 1.165) is 12.5 Å². The van der Waals surface area contributed by atoms with Crippen LogP contribution < -0.4 is 0 Å². The summed E-state index contributed by atoms with van der Waals surface area (Å²) in [5.74, 6) is 1.91. The fourth-order valence-electron chi connectivity index (χ4n) is 2.99. The van der Waals surface area contributed by atoms with Crippen LogP contribution in [0.5, 0.6) is 0 Å². The van der Waals surface area contributed by atoms with Crippen LogP contribution in [0.2, 0.25) is 0 Å². The highest BCUT2D eigenvalue weighted by molar-refractivity contribution is 7.88. The average Bonchev–Trinajstić information content (AvgIpc) is 3.02. The first-order chi connectivity index (χ1) is 10.5. The molecule has 0 aromatic carbocycles. The summed E-state index contributed by atoms with van der Waals surface area (Å²) in [5, 5.41) is 3.94. The minimum atomic E-state index is -3.10. The van der Waals surface area contributed by atoms with E-state index >= 15 is 0 Å². The van der Waals surface area contributed by atoms with Crippen molar-refractivity contribution in [2.45, 2.75) is 38.0 Å². The van der Waals surface area contributed by atoms with Gasteiger partial charge in [-0.2, -0.15) is 4.98 Å². The molecule has 1 saturated carbocycles. The molecule has 0 N–H and O–H groups in total. The lowest BCUT2D eigenvalue weighted by molar-refractivity contribution is 0.102. The normalized spacial score (nSPS) is 21.3. The van der Waals surface area contributed by atoms with Gasteiger partial charge in [-0.3, -0.25) is 0 Å². The quantitative estimate of drug-likeness (QED) is 0.698. The maximum absolute atomic E-state index is 11.3. The van der Waals surface area contributed by atoms with Gasteiger partial charge in [0.25, 0.3) is 0 Å². The van der Waals surface area contributed by atoms with Gasteiger partial charge in [-0.15, -0.1) is 0 Å². The van der Waals surface area contributed by atoms with E-state index in [9.17, 15) is 8.42 Å². The standard InChI is InChI=1S/C14H23N3O4S/c1-22(18,19)17-8-12(9-17)14-15-13(16-21-14)6-7-20-10-11-4-2-3-5-11/h11-12H,2-10H2,1H3. The van der Waals surface area contributed by atoms with Crippen molar-refractivity contribution >= 4 is 10.0 Å². The Morgan fingerprint density at radius 1 is 1.32 bits per heavy atom.